The Bertz CT molecular complexity index is 1460. The molecule has 0 aliphatic rings. The molecule has 0 atom stereocenters. The minimum atomic E-state index is -0.687. The Morgan fingerprint density at radius 1 is 0.658 bits per heavy atom. The molecule has 0 aliphatic carbocycles. The lowest BCUT2D eigenvalue weighted by Crippen LogP contribution is -2.09. The molecule has 0 spiro atoms. The van der Waals surface area contributed by atoms with E-state index in [1.807, 2.05) is 0 Å². The van der Waals surface area contributed by atoms with Crippen LogP contribution in [-0.4, -0.2) is 31.4 Å². The molecular formula is C25H15Cl3N4O6. The summed E-state index contributed by atoms with van der Waals surface area (Å²) >= 11 is 17.3. The fourth-order valence-electron chi connectivity index (χ4n) is 3.21. The predicted molar refractivity (Wildman–Crippen MR) is 141 cm³/mol. The molecule has 2 aromatic heterocycles. The fourth-order valence-corrected chi connectivity index (χ4v) is 3.73. The summed E-state index contributed by atoms with van der Waals surface area (Å²) in [5.41, 5.74) is -0.0876. The zero-order chi connectivity index (χ0) is 28.0. The molecule has 0 amide bonds. The van der Waals surface area contributed by atoms with E-state index in [4.69, 9.17) is 34.8 Å². The third-order valence-electron chi connectivity index (χ3n) is 5.01. The standard InChI is InChI=1S/C13H9ClN2O3.C12H6Cl2N2O3/c1-8-4-2-3-5-9(8)13(17)12-10(16(18)19)6-7-11(14)15-12;13-8-4-2-1-3-7(8)12(17)11-9(16(18)19)5-6-10(14)15-11/h2-7H,1H3;1-6H. The van der Waals surface area contributed by atoms with Crippen LogP contribution < -0.4 is 0 Å². The zero-order valence-corrected chi connectivity index (χ0v) is 21.6. The van der Waals surface area contributed by atoms with Crippen LogP contribution in [0.2, 0.25) is 15.3 Å². The van der Waals surface area contributed by atoms with Crippen LogP contribution in [0.3, 0.4) is 0 Å². The monoisotopic (exact) mass is 572 g/mol. The van der Waals surface area contributed by atoms with E-state index in [9.17, 15) is 29.8 Å². The second-order valence-corrected chi connectivity index (χ2v) is 8.65. The molecule has 0 aliphatic heterocycles. The van der Waals surface area contributed by atoms with Crippen LogP contribution in [0.25, 0.3) is 0 Å². The highest BCUT2D eigenvalue weighted by molar-refractivity contribution is 6.35. The van der Waals surface area contributed by atoms with Gasteiger partial charge in [0.2, 0.25) is 11.6 Å². The SMILES string of the molecule is Cc1ccccc1C(=O)c1nc(Cl)ccc1[N+](=O)[O-].O=C(c1ccccc1Cl)c1nc(Cl)ccc1[N+](=O)[O-]. The number of aryl methyl sites for hydroxylation is 1. The Kier molecular flexibility index (Phi) is 9.19. The summed E-state index contributed by atoms with van der Waals surface area (Å²) < 4.78 is 0. The van der Waals surface area contributed by atoms with Gasteiger partial charge in [-0.2, -0.15) is 0 Å². The van der Waals surface area contributed by atoms with Gasteiger partial charge in [0.05, 0.1) is 14.9 Å². The molecule has 0 unspecified atom stereocenters. The summed E-state index contributed by atoms with van der Waals surface area (Å²) in [6.45, 7) is 1.75. The average molecular weight is 574 g/mol. The zero-order valence-electron chi connectivity index (χ0n) is 19.3. The number of ketones is 2. The van der Waals surface area contributed by atoms with Crippen molar-refractivity contribution < 1.29 is 19.4 Å². The van der Waals surface area contributed by atoms with E-state index in [1.165, 1.54) is 30.3 Å². The van der Waals surface area contributed by atoms with Gasteiger partial charge in [0.15, 0.2) is 11.4 Å². The van der Waals surface area contributed by atoms with Crippen molar-refractivity contribution >= 4 is 57.7 Å². The number of aromatic nitrogens is 2. The molecule has 0 fully saturated rings. The Morgan fingerprint density at radius 2 is 1.08 bits per heavy atom. The molecule has 0 radical (unpaired) electrons. The fraction of sp³-hybridized carbons (Fsp3) is 0.0400. The molecule has 0 saturated carbocycles. The summed E-state index contributed by atoms with van der Waals surface area (Å²) in [5.74, 6) is -1.15. The van der Waals surface area contributed by atoms with Gasteiger partial charge >= 0.3 is 0 Å². The Labute approximate surface area is 230 Å². The van der Waals surface area contributed by atoms with Gasteiger partial charge in [-0.15, -0.1) is 0 Å². The van der Waals surface area contributed by atoms with Gasteiger partial charge < -0.3 is 0 Å². The van der Waals surface area contributed by atoms with E-state index >= 15 is 0 Å². The minimum Gasteiger partial charge on any atom is -0.287 e. The van der Waals surface area contributed by atoms with E-state index in [0.717, 1.165) is 11.6 Å². The van der Waals surface area contributed by atoms with Gasteiger partial charge in [0.25, 0.3) is 11.4 Å². The van der Waals surface area contributed by atoms with Crippen molar-refractivity contribution in [3.63, 3.8) is 0 Å². The first kappa shape index (κ1) is 28.3. The Hall–Kier alpha value is -4.25. The molecule has 0 bridgehead atoms. The van der Waals surface area contributed by atoms with E-state index in [1.54, 1.807) is 43.3 Å². The van der Waals surface area contributed by atoms with E-state index in [2.05, 4.69) is 9.97 Å². The number of nitrogens with zero attached hydrogens (tertiary/aromatic N) is 4. The third-order valence-corrected chi connectivity index (χ3v) is 5.76. The summed E-state index contributed by atoms with van der Waals surface area (Å²) in [6, 6.07) is 17.9. The number of hydrogen-bond acceptors (Lipinski definition) is 8. The summed E-state index contributed by atoms with van der Waals surface area (Å²) in [7, 11) is 0. The summed E-state index contributed by atoms with van der Waals surface area (Å²) in [6.07, 6.45) is 0. The van der Waals surface area contributed by atoms with Crippen molar-refractivity contribution in [3.05, 3.63) is 136 Å². The van der Waals surface area contributed by atoms with Crippen LogP contribution in [0.4, 0.5) is 11.4 Å². The molecule has 4 rings (SSSR count). The Balaban J connectivity index is 0.000000211. The second-order valence-electron chi connectivity index (χ2n) is 7.47. The highest BCUT2D eigenvalue weighted by Crippen LogP contribution is 2.26. The van der Waals surface area contributed by atoms with Crippen molar-refractivity contribution in [1.29, 1.82) is 0 Å². The van der Waals surface area contributed by atoms with Crippen LogP contribution >= 0.6 is 34.8 Å². The first-order valence-electron chi connectivity index (χ1n) is 10.5. The molecule has 0 saturated heterocycles. The number of hydrogen-bond donors (Lipinski definition) is 0. The maximum absolute atomic E-state index is 12.3. The number of rotatable bonds is 6. The molecule has 192 valence electrons. The van der Waals surface area contributed by atoms with Crippen molar-refractivity contribution in [3.8, 4) is 0 Å². The molecule has 13 heteroatoms. The van der Waals surface area contributed by atoms with Gasteiger partial charge in [0, 0.05) is 23.3 Å². The number of carbonyl (C=O) groups excluding carboxylic acids is 2. The van der Waals surface area contributed by atoms with Crippen LogP contribution in [-0.2, 0) is 0 Å². The Morgan fingerprint density at radius 3 is 1.53 bits per heavy atom. The molecule has 10 nitrogen and oxygen atoms in total. The smallest absolute Gasteiger partial charge is 0.287 e. The van der Waals surface area contributed by atoms with E-state index < -0.39 is 27.1 Å². The van der Waals surface area contributed by atoms with Crippen molar-refractivity contribution in [2.45, 2.75) is 6.92 Å². The van der Waals surface area contributed by atoms with Gasteiger partial charge in [-0.1, -0.05) is 71.2 Å². The number of halogens is 3. The number of pyridine rings is 2. The van der Waals surface area contributed by atoms with Gasteiger partial charge in [0.1, 0.15) is 10.3 Å². The van der Waals surface area contributed by atoms with Gasteiger partial charge in [-0.25, -0.2) is 9.97 Å². The first-order chi connectivity index (χ1) is 18.0. The molecule has 2 heterocycles. The highest BCUT2D eigenvalue weighted by atomic mass is 35.5. The predicted octanol–water partition coefficient (Wildman–Crippen LogP) is 6.71. The average Bonchev–Trinajstić information content (AvgIpc) is 2.88. The van der Waals surface area contributed by atoms with Crippen LogP contribution in [0, 0.1) is 27.2 Å². The van der Waals surface area contributed by atoms with Crippen LogP contribution in [0.1, 0.15) is 37.7 Å². The normalized spacial score (nSPS) is 10.2. The lowest BCUT2D eigenvalue weighted by atomic mass is 10.0. The maximum atomic E-state index is 12.3. The number of benzene rings is 2. The lowest BCUT2D eigenvalue weighted by Gasteiger charge is -2.05. The van der Waals surface area contributed by atoms with Crippen LogP contribution in [0.5, 0.6) is 0 Å². The van der Waals surface area contributed by atoms with Gasteiger partial charge in [-0.05, 0) is 36.8 Å². The van der Waals surface area contributed by atoms with Crippen molar-refractivity contribution in [1.82, 2.24) is 9.97 Å². The number of nitro groups is 2. The first-order valence-corrected chi connectivity index (χ1v) is 11.7. The largest absolute Gasteiger partial charge is 0.299 e. The molecule has 2 aromatic carbocycles. The topological polar surface area (TPSA) is 146 Å². The summed E-state index contributed by atoms with van der Waals surface area (Å²) in [5, 5.41) is 22.1. The second kappa shape index (κ2) is 12.3. The van der Waals surface area contributed by atoms with Crippen LogP contribution in [0.15, 0.2) is 72.8 Å². The molecule has 38 heavy (non-hydrogen) atoms. The lowest BCUT2D eigenvalue weighted by molar-refractivity contribution is -0.385. The molecule has 4 aromatic rings. The van der Waals surface area contributed by atoms with Crippen molar-refractivity contribution in [2.75, 3.05) is 0 Å². The quantitative estimate of drug-likeness (QED) is 0.107. The third kappa shape index (κ3) is 6.54. The van der Waals surface area contributed by atoms with E-state index in [-0.39, 0.29) is 38.0 Å². The molecular weight excluding hydrogens is 559 g/mol. The summed E-state index contributed by atoms with van der Waals surface area (Å²) in [4.78, 5) is 52.6. The van der Waals surface area contributed by atoms with Crippen molar-refractivity contribution in [2.24, 2.45) is 0 Å². The minimum absolute atomic E-state index is 0.000929. The number of carbonyl (C=O) groups is 2. The highest BCUT2D eigenvalue weighted by Gasteiger charge is 2.25. The van der Waals surface area contributed by atoms with E-state index in [0.29, 0.717) is 5.56 Å². The molecule has 0 N–H and O–H groups in total. The maximum Gasteiger partial charge on any atom is 0.299 e. The van der Waals surface area contributed by atoms with Gasteiger partial charge in [-0.3, -0.25) is 29.8 Å².